The summed E-state index contributed by atoms with van der Waals surface area (Å²) in [5.74, 6) is 0.000705. The third-order valence-electron chi connectivity index (χ3n) is 4.06. The first kappa shape index (κ1) is 17.8. The molecule has 3 aromatic rings. The maximum absolute atomic E-state index is 12.6. The van der Waals surface area contributed by atoms with Gasteiger partial charge in [-0.2, -0.15) is 0 Å². The number of rotatable bonds is 5. The van der Waals surface area contributed by atoms with Crippen LogP contribution in [0.4, 0.5) is 0 Å². The van der Waals surface area contributed by atoms with Gasteiger partial charge in [-0.3, -0.25) is 14.2 Å². The second-order valence-electron chi connectivity index (χ2n) is 5.95. The Balaban J connectivity index is 1.68. The van der Waals surface area contributed by atoms with Crippen molar-refractivity contribution in [3.63, 3.8) is 0 Å². The van der Waals surface area contributed by atoms with Gasteiger partial charge in [0.05, 0.1) is 23.8 Å². The smallest absolute Gasteiger partial charge is 0.261 e. The molecule has 0 N–H and O–H groups in total. The summed E-state index contributed by atoms with van der Waals surface area (Å²) in [7, 11) is 1.78. The fourth-order valence-corrected chi connectivity index (χ4v) is 4.17. The minimum atomic E-state index is -0.105. The average Bonchev–Trinajstić information content (AvgIpc) is 2.99. The highest BCUT2D eigenvalue weighted by Crippen LogP contribution is 2.21. The van der Waals surface area contributed by atoms with Crippen molar-refractivity contribution in [3.8, 4) is 0 Å². The van der Waals surface area contributed by atoms with Crippen LogP contribution < -0.4 is 5.56 Å². The monoisotopic (exact) mass is 419 g/mol. The summed E-state index contributed by atoms with van der Waals surface area (Å²) in [6.45, 7) is 2.83. The summed E-state index contributed by atoms with van der Waals surface area (Å²) in [6, 6.07) is 7.56. The number of benzene rings is 1. The summed E-state index contributed by atoms with van der Waals surface area (Å²) in [5, 5.41) is 2.59. The van der Waals surface area contributed by atoms with Crippen LogP contribution >= 0.6 is 27.3 Å². The molecule has 0 saturated heterocycles. The first-order valence-electron chi connectivity index (χ1n) is 7.87. The molecule has 5 nitrogen and oxygen atoms in total. The largest absolute Gasteiger partial charge is 0.341 e. The van der Waals surface area contributed by atoms with E-state index in [9.17, 15) is 9.59 Å². The molecule has 0 bridgehead atoms. The Labute approximate surface area is 158 Å². The second kappa shape index (κ2) is 7.49. The van der Waals surface area contributed by atoms with Crippen LogP contribution in [0.5, 0.6) is 0 Å². The molecule has 130 valence electrons. The van der Waals surface area contributed by atoms with E-state index in [2.05, 4.69) is 20.9 Å². The molecule has 0 atom stereocenters. The van der Waals surface area contributed by atoms with E-state index in [0.29, 0.717) is 18.5 Å². The molecule has 3 rings (SSSR count). The van der Waals surface area contributed by atoms with Gasteiger partial charge < -0.3 is 4.90 Å². The zero-order valence-electron chi connectivity index (χ0n) is 14.0. The van der Waals surface area contributed by atoms with Crippen molar-refractivity contribution >= 4 is 44.1 Å². The number of carbonyl (C=O) groups excluding carboxylic acids is 1. The van der Waals surface area contributed by atoms with Crippen LogP contribution in [0.25, 0.3) is 10.9 Å². The SMILES string of the molecule is Cc1cccc2c(=O)n(CCC(=O)N(C)Cc3cc(Br)cs3)cnc12. The van der Waals surface area contributed by atoms with E-state index in [4.69, 9.17) is 0 Å². The van der Waals surface area contributed by atoms with Crippen molar-refractivity contribution in [1.82, 2.24) is 14.5 Å². The maximum atomic E-state index is 12.6. The maximum Gasteiger partial charge on any atom is 0.261 e. The quantitative estimate of drug-likeness (QED) is 0.634. The van der Waals surface area contributed by atoms with Crippen LogP contribution in [0.3, 0.4) is 0 Å². The van der Waals surface area contributed by atoms with E-state index in [1.54, 1.807) is 29.4 Å². The number of para-hydroxylation sites is 1. The Hall–Kier alpha value is -1.99. The molecule has 2 heterocycles. The lowest BCUT2D eigenvalue weighted by Gasteiger charge is -2.16. The molecule has 2 aromatic heterocycles. The number of aryl methyl sites for hydroxylation is 2. The van der Waals surface area contributed by atoms with Crippen LogP contribution in [-0.2, 0) is 17.9 Å². The number of nitrogens with zero attached hydrogens (tertiary/aromatic N) is 3. The Kier molecular flexibility index (Phi) is 5.34. The fourth-order valence-electron chi connectivity index (χ4n) is 2.66. The highest BCUT2D eigenvalue weighted by molar-refractivity contribution is 9.10. The Morgan fingerprint density at radius 2 is 2.20 bits per heavy atom. The molecule has 0 fully saturated rings. The molecule has 7 heteroatoms. The molecule has 0 saturated carbocycles. The predicted octanol–water partition coefficient (Wildman–Crippen LogP) is 3.58. The highest BCUT2D eigenvalue weighted by Gasteiger charge is 2.12. The lowest BCUT2D eigenvalue weighted by molar-refractivity contribution is -0.130. The normalized spacial score (nSPS) is 11.0. The lowest BCUT2D eigenvalue weighted by Crippen LogP contribution is -2.29. The summed E-state index contributed by atoms with van der Waals surface area (Å²) in [6.07, 6.45) is 1.79. The van der Waals surface area contributed by atoms with E-state index in [0.717, 1.165) is 20.4 Å². The Bertz CT molecular complexity index is 980. The van der Waals surface area contributed by atoms with E-state index in [1.807, 2.05) is 30.5 Å². The fraction of sp³-hybridized carbons (Fsp3) is 0.278. The van der Waals surface area contributed by atoms with Gasteiger partial charge in [0.25, 0.3) is 5.56 Å². The third-order valence-corrected chi connectivity index (χ3v) is 5.74. The Morgan fingerprint density at radius 3 is 2.92 bits per heavy atom. The molecule has 25 heavy (non-hydrogen) atoms. The van der Waals surface area contributed by atoms with E-state index >= 15 is 0 Å². The molecule has 1 aromatic carbocycles. The topological polar surface area (TPSA) is 55.2 Å². The molecule has 1 amide bonds. The molecule has 0 aliphatic heterocycles. The standard InChI is InChI=1S/C18H18BrN3O2S/c1-12-4-3-5-15-17(12)20-11-22(18(15)24)7-6-16(23)21(2)9-14-8-13(19)10-25-14/h3-5,8,10-11H,6-7,9H2,1-2H3. The van der Waals surface area contributed by atoms with Crippen molar-refractivity contribution in [2.45, 2.75) is 26.4 Å². The summed E-state index contributed by atoms with van der Waals surface area (Å²) < 4.78 is 2.53. The van der Waals surface area contributed by atoms with Gasteiger partial charge in [-0.05, 0) is 40.5 Å². The van der Waals surface area contributed by atoms with Crippen molar-refractivity contribution in [2.24, 2.45) is 0 Å². The molecule has 0 radical (unpaired) electrons. The van der Waals surface area contributed by atoms with E-state index in [1.165, 1.54) is 10.9 Å². The average molecular weight is 420 g/mol. The van der Waals surface area contributed by atoms with Gasteiger partial charge in [-0.1, -0.05) is 12.1 Å². The lowest BCUT2D eigenvalue weighted by atomic mass is 10.1. The number of hydrogen-bond acceptors (Lipinski definition) is 4. The number of hydrogen-bond donors (Lipinski definition) is 0. The highest BCUT2D eigenvalue weighted by atomic mass is 79.9. The summed E-state index contributed by atoms with van der Waals surface area (Å²) in [5.41, 5.74) is 1.58. The van der Waals surface area contributed by atoms with Gasteiger partial charge in [0.2, 0.25) is 5.91 Å². The molecule has 0 aliphatic rings. The minimum Gasteiger partial charge on any atom is -0.341 e. The van der Waals surface area contributed by atoms with Crippen LogP contribution in [0.1, 0.15) is 16.9 Å². The number of amides is 1. The first-order chi connectivity index (χ1) is 12.0. The van der Waals surface area contributed by atoms with Crippen molar-refractivity contribution in [2.75, 3.05) is 7.05 Å². The number of aromatic nitrogens is 2. The Morgan fingerprint density at radius 1 is 1.40 bits per heavy atom. The minimum absolute atomic E-state index is 0.000705. The van der Waals surface area contributed by atoms with E-state index < -0.39 is 0 Å². The van der Waals surface area contributed by atoms with Crippen LogP contribution in [0.2, 0.25) is 0 Å². The molecule has 0 unspecified atom stereocenters. The predicted molar refractivity (Wildman–Crippen MR) is 104 cm³/mol. The summed E-state index contributed by atoms with van der Waals surface area (Å²) in [4.78, 5) is 32.1. The molecular weight excluding hydrogens is 402 g/mol. The second-order valence-corrected chi connectivity index (χ2v) is 7.86. The van der Waals surface area contributed by atoms with Crippen molar-refractivity contribution in [3.05, 3.63) is 61.2 Å². The van der Waals surface area contributed by atoms with Gasteiger partial charge in [0.15, 0.2) is 0 Å². The van der Waals surface area contributed by atoms with Gasteiger partial charge in [0, 0.05) is 34.7 Å². The zero-order valence-corrected chi connectivity index (χ0v) is 16.4. The third kappa shape index (κ3) is 3.99. The molecule has 0 aliphatic carbocycles. The number of thiophene rings is 1. The van der Waals surface area contributed by atoms with Gasteiger partial charge in [-0.15, -0.1) is 11.3 Å². The zero-order chi connectivity index (χ0) is 18.0. The first-order valence-corrected chi connectivity index (χ1v) is 9.54. The molecular formula is C18H18BrN3O2S. The van der Waals surface area contributed by atoms with Gasteiger partial charge in [-0.25, -0.2) is 4.98 Å². The van der Waals surface area contributed by atoms with Gasteiger partial charge in [0.1, 0.15) is 0 Å². The van der Waals surface area contributed by atoms with Crippen LogP contribution in [-0.4, -0.2) is 27.4 Å². The number of carbonyl (C=O) groups is 1. The van der Waals surface area contributed by atoms with Gasteiger partial charge >= 0.3 is 0 Å². The summed E-state index contributed by atoms with van der Waals surface area (Å²) >= 11 is 5.02. The van der Waals surface area contributed by atoms with Crippen molar-refractivity contribution in [1.29, 1.82) is 0 Å². The van der Waals surface area contributed by atoms with Crippen LogP contribution in [0.15, 0.2) is 45.2 Å². The molecule has 0 spiro atoms. The van der Waals surface area contributed by atoms with Crippen LogP contribution in [0, 0.1) is 6.92 Å². The number of halogens is 1. The number of fused-ring (bicyclic) bond motifs is 1. The van der Waals surface area contributed by atoms with Crippen molar-refractivity contribution < 1.29 is 4.79 Å². The van der Waals surface area contributed by atoms with E-state index in [-0.39, 0.29) is 17.9 Å².